The Morgan fingerprint density at radius 3 is 2.25 bits per heavy atom. The number of amides is 1. The molecule has 0 bridgehead atoms. The fourth-order valence-electron chi connectivity index (χ4n) is 1.74. The highest BCUT2D eigenvalue weighted by Crippen LogP contribution is 2.34. The summed E-state index contributed by atoms with van der Waals surface area (Å²) in [6, 6.07) is 11.1. The lowest BCUT2D eigenvalue weighted by atomic mass is 10.1. The first-order chi connectivity index (χ1) is 9.52. The summed E-state index contributed by atoms with van der Waals surface area (Å²) in [7, 11) is 1.79. The minimum absolute atomic E-state index is 0.168. The minimum Gasteiger partial charge on any atom is -0.387 e. The lowest BCUT2D eigenvalue weighted by Gasteiger charge is -2.12. The van der Waals surface area contributed by atoms with Gasteiger partial charge in [0.1, 0.15) is 0 Å². The topological polar surface area (TPSA) is 41.1 Å². The molecule has 0 spiro atoms. The number of hydrogen-bond donors (Lipinski definition) is 2. The van der Waals surface area contributed by atoms with Crippen molar-refractivity contribution in [2.75, 3.05) is 17.7 Å². The first kappa shape index (κ1) is 15.5. The van der Waals surface area contributed by atoms with Gasteiger partial charge in [-0.25, -0.2) is 0 Å². The van der Waals surface area contributed by atoms with Crippen molar-refractivity contribution >= 4 is 65.1 Å². The second-order valence-electron chi connectivity index (χ2n) is 3.99. The molecule has 104 valence electrons. The molecule has 0 unspecified atom stereocenters. The molecule has 0 aromatic heterocycles. The van der Waals surface area contributed by atoms with Crippen LogP contribution in [0.3, 0.4) is 0 Å². The maximum Gasteiger partial charge on any atom is 0.257 e. The molecule has 0 aliphatic carbocycles. The van der Waals surface area contributed by atoms with Crippen LogP contribution in [0.4, 0.5) is 11.4 Å². The van der Waals surface area contributed by atoms with E-state index >= 15 is 0 Å². The molecule has 0 aliphatic heterocycles. The van der Waals surface area contributed by atoms with E-state index in [1.807, 2.05) is 30.3 Å². The number of carbonyl (C=O) groups is 1. The molecule has 1 amide bonds. The molecule has 0 heterocycles. The number of para-hydroxylation sites is 1. The first-order valence-electron chi connectivity index (χ1n) is 5.75. The molecule has 2 N–H and O–H groups in total. The standard InChI is InChI=1S/C14H11Br3N2O/c1-18-12-5-3-2-4-9(12)14(20)19-13-10(16)6-8(15)7-11(13)17/h2-7,18H,1H3,(H,19,20). The third-order valence-corrected chi connectivity index (χ3v) is 4.40. The van der Waals surface area contributed by atoms with E-state index in [0.29, 0.717) is 11.3 Å². The van der Waals surface area contributed by atoms with Crippen molar-refractivity contribution in [1.82, 2.24) is 0 Å². The van der Waals surface area contributed by atoms with Crippen LogP contribution in [0.15, 0.2) is 49.8 Å². The molecule has 0 saturated heterocycles. The second kappa shape index (κ2) is 6.74. The van der Waals surface area contributed by atoms with E-state index in [1.165, 1.54) is 0 Å². The summed E-state index contributed by atoms with van der Waals surface area (Å²) in [6.07, 6.45) is 0. The summed E-state index contributed by atoms with van der Waals surface area (Å²) in [4.78, 5) is 12.4. The summed E-state index contributed by atoms with van der Waals surface area (Å²) in [5.41, 5.74) is 2.08. The van der Waals surface area contributed by atoms with Gasteiger partial charge in [-0.2, -0.15) is 0 Å². The lowest BCUT2D eigenvalue weighted by molar-refractivity contribution is 0.102. The number of anilines is 2. The number of hydrogen-bond acceptors (Lipinski definition) is 2. The van der Waals surface area contributed by atoms with E-state index in [9.17, 15) is 4.79 Å². The molecule has 2 aromatic carbocycles. The van der Waals surface area contributed by atoms with Gasteiger partial charge < -0.3 is 10.6 Å². The van der Waals surface area contributed by atoms with Gasteiger partial charge in [0.05, 0.1) is 11.3 Å². The van der Waals surface area contributed by atoms with E-state index in [2.05, 4.69) is 58.4 Å². The van der Waals surface area contributed by atoms with Crippen molar-refractivity contribution in [3.8, 4) is 0 Å². The maximum atomic E-state index is 12.4. The number of rotatable bonds is 3. The fourth-order valence-corrected chi connectivity index (χ4v) is 4.20. The smallest absolute Gasteiger partial charge is 0.257 e. The zero-order chi connectivity index (χ0) is 14.7. The van der Waals surface area contributed by atoms with Gasteiger partial charge in [-0.3, -0.25) is 4.79 Å². The summed E-state index contributed by atoms with van der Waals surface area (Å²) >= 11 is 10.3. The van der Waals surface area contributed by atoms with Gasteiger partial charge in [0.15, 0.2) is 0 Å². The Morgan fingerprint density at radius 1 is 1.05 bits per heavy atom. The number of carbonyl (C=O) groups excluding carboxylic acids is 1. The Labute approximate surface area is 142 Å². The van der Waals surface area contributed by atoms with Crippen LogP contribution >= 0.6 is 47.8 Å². The van der Waals surface area contributed by atoms with Gasteiger partial charge in [-0.1, -0.05) is 28.1 Å². The van der Waals surface area contributed by atoms with Gasteiger partial charge in [0, 0.05) is 26.2 Å². The van der Waals surface area contributed by atoms with Gasteiger partial charge >= 0.3 is 0 Å². The van der Waals surface area contributed by atoms with Crippen molar-refractivity contribution in [2.45, 2.75) is 0 Å². The van der Waals surface area contributed by atoms with Gasteiger partial charge in [-0.15, -0.1) is 0 Å². The van der Waals surface area contributed by atoms with Crippen molar-refractivity contribution in [1.29, 1.82) is 0 Å². The van der Waals surface area contributed by atoms with Crippen LogP contribution in [0.25, 0.3) is 0 Å². The molecular formula is C14H11Br3N2O. The Hall–Kier alpha value is -0.850. The van der Waals surface area contributed by atoms with Gasteiger partial charge in [-0.05, 0) is 56.1 Å². The molecular weight excluding hydrogens is 452 g/mol. The highest BCUT2D eigenvalue weighted by atomic mass is 79.9. The zero-order valence-corrected chi connectivity index (χ0v) is 15.3. The van der Waals surface area contributed by atoms with Crippen LogP contribution in [-0.2, 0) is 0 Å². The molecule has 3 nitrogen and oxygen atoms in total. The Balaban J connectivity index is 2.33. The van der Waals surface area contributed by atoms with Crippen LogP contribution in [0.1, 0.15) is 10.4 Å². The number of nitrogens with one attached hydrogen (secondary N) is 2. The predicted octanol–water partition coefficient (Wildman–Crippen LogP) is 5.27. The molecule has 6 heteroatoms. The molecule has 20 heavy (non-hydrogen) atoms. The third-order valence-electron chi connectivity index (χ3n) is 2.69. The number of benzene rings is 2. The molecule has 0 atom stereocenters. The Bertz CT molecular complexity index is 636. The lowest BCUT2D eigenvalue weighted by Crippen LogP contribution is -2.14. The van der Waals surface area contributed by atoms with Crippen LogP contribution in [0, 0.1) is 0 Å². The molecule has 2 aromatic rings. The highest BCUT2D eigenvalue weighted by molar-refractivity contribution is 9.11. The molecule has 0 aliphatic rings. The van der Waals surface area contributed by atoms with Crippen LogP contribution < -0.4 is 10.6 Å². The predicted molar refractivity (Wildman–Crippen MR) is 93.5 cm³/mol. The van der Waals surface area contributed by atoms with E-state index in [4.69, 9.17) is 0 Å². The zero-order valence-electron chi connectivity index (χ0n) is 10.5. The summed E-state index contributed by atoms with van der Waals surface area (Å²) in [5, 5.41) is 5.91. The summed E-state index contributed by atoms with van der Waals surface area (Å²) in [6.45, 7) is 0. The van der Waals surface area contributed by atoms with Gasteiger partial charge in [0.2, 0.25) is 0 Å². The van der Waals surface area contributed by atoms with Crippen molar-refractivity contribution in [2.24, 2.45) is 0 Å². The SMILES string of the molecule is CNc1ccccc1C(=O)Nc1c(Br)cc(Br)cc1Br. The minimum atomic E-state index is -0.168. The molecule has 0 fully saturated rings. The van der Waals surface area contributed by atoms with Crippen LogP contribution in [-0.4, -0.2) is 13.0 Å². The summed E-state index contributed by atoms with van der Waals surface area (Å²) < 4.78 is 2.52. The first-order valence-corrected chi connectivity index (χ1v) is 8.13. The normalized spacial score (nSPS) is 10.2. The Morgan fingerprint density at radius 2 is 1.65 bits per heavy atom. The molecule has 2 rings (SSSR count). The van der Waals surface area contributed by atoms with Crippen molar-refractivity contribution in [3.05, 3.63) is 55.4 Å². The van der Waals surface area contributed by atoms with Crippen LogP contribution in [0.2, 0.25) is 0 Å². The summed E-state index contributed by atoms with van der Waals surface area (Å²) in [5.74, 6) is -0.168. The average Bonchev–Trinajstić information content (AvgIpc) is 2.42. The second-order valence-corrected chi connectivity index (χ2v) is 6.62. The molecule has 0 radical (unpaired) electrons. The third kappa shape index (κ3) is 3.42. The van der Waals surface area contributed by atoms with E-state index in [1.54, 1.807) is 13.1 Å². The van der Waals surface area contributed by atoms with Crippen molar-refractivity contribution in [3.63, 3.8) is 0 Å². The highest BCUT2D eigenvalue weighted by Gasteiger charge is 2.14. The molecule has 0 saturated carbocycles. The fraction of sp³-hybridized carbons (Fsp3) is 0.0714. The number of halogens is 3. The quantitative estimate of drug-likeness (QED) is 0.652. The maximum absolute atomic E-state index is 12.4. The van der Waals surface area contributed by atoms with Gasteiger partial charge in [0.25, 0.3) is 5.91 Å². The van der Waals surface area contributed by atoms with E-state index in [0.717, 1.165) is 19.1 Å². The van der Waals surface area contributed by atoms with Crippen molar-refractivity contribution < 1.29 is 4.79 Å². The van der Waals surface area contributed by atoms with Crippen LogP contribution in [0.5, 0.6) is 0 Å². The van der Waals surface area contributed by atoms with E-state index in [-0.39, 0.29) is 5.91 Å². The Kier molecular flexibility index (Phi) is 5.23. The van der Waals surface area contributed by atoms with E-state index < -0.39 is 0 Å². The largest absolute Gasteiger partial charge is 0.387 e. The average molecular weight is 463 g/mol. The monoisotopic (exact) mass is 460 g/mol.